The van der Waals surface area contributed by atoms with Gasteiger partial charge in [0.15, 0.2) is 0 Å². The van der Waals surface area contributed by atoms with Crippen LogP contribution in [-0.2, 0) is 4.79 Å². The summed E-state index contributed by atoms with van der Waals surface area (Å²) in [7, 11) is 3.53. The van der Waals surface area contributed by atoms with Crippen molar-refractivity contribution in [2.45, 2.75) is 32.4 Å². The first-order chi connectivity index (χ1) is 7.34. The van der Waals surface area contributed by atoms with E-state index >= 15 is 0 Å². The largest absolute Gasteiger partial charge is 0.347 e. The number of nitrogens with one attached hydrogen (secondary N) is 1. The quantitative estimate of drug-likeness (QED) is 0.872. The van der Waals surface area contributed by atoms with Gasteiger partial charge < -0.3 is 4.90 Å². The first-order valence-corrected chi connectivity index (χ1v) is 6.16. The molecule has 0 aliphatic rings. The minimum atomic E-state index is -0.577. The topological polar surface area (TPSA) is 45.2 Å². The van der Waals surface area contributed by atoms with Crippen molar-refractivity contribution in [3.05, 3.63) is 16.6 Å². The molecule has 1 unspecified atom stereocenters. The van der Waals surface area contributed by atoms with Crippen molar-refractivity contribution in [1.29, 1.82) is 0 Å². The molecule has 0 saturated carbocycles. The molecule has 0 spiro atoms. The first-order valence-electron chi connectivity index (χ1n) is 5.22. The third-order valence-electron chi connectivity index (χ3n) is 2.41. The summed E-state index contributed by atoms with van der Waals surface area (Å²) in [4.78, 5) is 17.7. The highest BCUT2D eigenvalue weighted by Crippen LogP contribution is 2.17. The molecule has 1 atom stereocenters. The van der Waals surface area contributed by atoms with Crippen molar-refractivity contribution in [2.75, 3.05) is 14.1 Å². The van der Waals surface area contributed by atoms with Crippen LogP contribution >= 0.6 is 11.3 Å². The summed E-state index contributed by atoms with van der Waals surface area (Å²) in [6.07, 6.45) is 0. The Morgan fingerprint density at radius 2 is 2.19 bits per heavy atom. The van der Waals surface area contributed by atoms with E-state index in [1.807, 2.05) is 26.2 Å². The van der Waals surface area contributed by atoms with Gasteiger partial charge in [-0.2, -0.15) is 0 Å². The van der Waals surface area contributed by atoms with Gasteiger partial charge in [-0.3, -0.25) is 10.1 Å². The molecule has 4 nitrogen and oxygen atoms in total. The Bertz CT molecular complexity index is 346. The van der Waals surface area contributed by atoms with Gasteiger partial charge in [0.05, 0.1) is 16.7 Å². The molecular formula is C11H19N3OS. The third kappa shape index (κ3) is 3.02. The molecule has 1 amide bonds. The van der Waals surface area contributed by atoms with Gasteiger partial charge >= 0.3 is 0 Å². The molecule has 1 aromatic heterocycles. The van der Waals surface area contributed by atoms with Crippen molar-refractivity contribution < 1.29 is 4.79 Å². The monoisotopic (exact) mass is 241 g/mol. The van der Waals surface area contributed by atoms with Crippen LogP contribution in [0, 0.1) is 0 Å². The van der Waals surface area contributed by atoms with E-state index in [4.69, 9.17) is 0 Å². The number of thiazole rings is 1. The molecule has 1 aromatic rings. The lowest BCUT2D eigenvalue weighted by Crippen LogP contribution is -2.52. The Hall–Kier alpha value is -0.940. The van der Waals surface area contributed by atoms with Crippen LogP contribution in [0.4, 0.5) is 0 Å². The summed E-state index contributed by atoms with van der Waals surface area (Å²) in [5, 5.41) is 5.29. The highest BCUT2D eigenvalue weighted by Gasteiger charge is 2.30. The Labute approximate surface area is 101 Å². The van der Waals surface area contributed by atoms with Gasteiger partial charge in [0, 0.05) is 25.5 Å². The minimum Gasteiger partial charge on any atom is -0.347 e. The van der Waals surface area contributed by atoms with Gasteiger partial charge in [-0.05, 0) is 20.8 Å². The second kappa shape index (κ2) is 4.93. The van der Waals surface area contributed by atoms with Crippen LogP contribution in [0.3, 0.4) is 0 Å². The van der Waals surface area contributed by atoms with Crippen LogP contribution in [0.1, 0.15) is 32.5 Å². The maximum Gasteiger partial charge on any atom is 0.241 e. The van der Waals surface area contributed by atoms with Gasteiger partial charge in [0.25, 0.3) is 0 Å². The molecule has 0 radical (unpaired) electrons. The first kappa shape index (κ1) is 13.1. The van der Waals surface area contributed by atoms with E-state index in [-0.39, 0.29) is 11.9 Å². The summed E-state index contributed by atoms with van der Waals surface area (Å²) in [6.45, 7) is 5.79. The third-order valence-corrected chi connectivity index (χ3v) is 3.02. The predicted molar refractivity (Wildman–Crippen MR) is 66.4 cm³/mol. The molecule has 0 fully saturated rings. The van der Waals surface area contributed by atoms with Crippen molar-refractivity contribution >= 4 is 17.2 Å². The molecule has 1 heterocycles. The van der Waals surface area contributed by atoms with Crippen LogP contribution in [0.5, 0.6) is 0 Å². The van der Waals surface area contributed by atoms with E-state index in [2.05, 4.69) is 10.3 Å². The second-order valence-corrected chi connectivity index (χ2v) is 5.32. The average Bonchev–Trinajstić information content (AvgIpc) is 2.68. The molecule has 1 rings (SSSR count). The Morgan fingerprint density at radius 3 is 2.62 bits per heavy atom. The summed E-state index contributed by atoms with van der Waals surface area (Å²) >= 11 is 1.56. The van der Waals surface area contributed by atoms with Crippen LogP contribution in [0.15, 0.2) is 10.9 Å². The number of hydrogen-bond donors (Lipinski definition) is 1. The maximum absolute atomic E-state index is 11.9. The van der Waals surface area contributed by atoms with Gasteiger partial charge in [0.1, 0.15) is 0 Å². The zero-order valence-electron chi connectivity index (χ0n) is 10.4. The molecule has 0 aliphatic carbocycles. The summed E-state index contributed by atoms with van der Waals surface area (Å²) in [6, 6.07) is 0.0742. The lowest BCUT2D eigenvalue weighted by Gasteiger charge is -2.30. The number of carbonyl (C=O) groups excluding carboxylic acids is 1. The maximum atomic E-state index is 11.9. The highest BCUT2D eigenvalue weighted by atomic mass is 32.1. The van der Waals surface area contributed by atoms with Crippen LogP contribution in [0.25, 0.3) is 0 Å². The molecule has 0 aliphatic heterocycles. The van der Waals surface area contributed by atoms with E-state index in [0.717, 1.165) is 5.69 Å². The van der Waals surface area contributed by atoms with Crippen molar-refractivity contribution in [1.82, 2.24) is 15.2 Å². The molecule has 5 heteroatoms. The van der Waals surface area contributed by atoms with E-state index in [9.17, 15) is 4.79 Å². The van der Waals surface area contributed by atoms with Gasteiger partial charge in [-0.15, -0.1) is 11.3 Å². The number of amides is 1. The summed E-state index contributed by atoms with van der Waals surface area (Å²) in [5.74, 6) is 0.0644. The van der Waals surface area contributed by atoms with Crippen LogP contribution in [-0.4, -0.2) is 35.4 Å². The Morgan fingerprint density at radius 1 is 1.56 bits per heavy atom. The normalized spacial score (nSPS) is 13.6. The predicted octanol–water partition coefficient (Wildman–Crippen LogP) is 1.66. The van der Waals surface area contributed by atoms with E-state index < -0.39 is 5.54 Å². The average molecular weight is 241 g/mol. The Kier molecular flexibility index (Phi) is 4.04. The van der Waals surface area contributed by atoms with Crippen molar-refractivity contribution in [3.8, 4) is 0 Å². The number of likely N-dealkylation sites (N-methyl/N-ethyl adjacent to an activating group) is 1. The van der Waals surface area contributed by atoms with Gasteiger partial charge in [-0.1, -0.05) is 0 Å². The number of carbonyl (C=O) groups is 1. The zero-order valence-corrected chi connectivity index (χ0v) is 11.3. The highest BCUT2D eigenvalue weighted by molar-refractivity contribution is 7.07. The molecule has 1 N–H and O–H groups in total. The fraction of sp³-hybridized carbons (Fsp3) is 0.636. The van der Waals surface area contributed by atoms with E-state index in [1.54, 1.807) is 35.8 Å². The molecule has 0 bridgehead atoms. The summed E-state index contributed by atoms with van der Waals surface area (Å²) < 4.78 is 0. The second-order valence-electron chi connectivity index (χ2n) is 4.60. The van der Waals surface area contributed by atoms with Crippen molar-refractivity contribution in [2.24, 2.45) is 0 Å². The van der Waals surface area contributed by atoms with Gasteiger partial charge in [-0.25, -0.2) is 4.98 Å². The lowest BCUT2D eigenvalue weighted by molar-refractivity contribution is -0.134. The molecule has 0 saturated heterocycles. The Balaban J connectivity index is 2.69. The lowest BCUT2D eigenvalue weighted by atomic mass is 10.0. The fourth-order valence-electron chi connectivity index (χ4n) is 1.67. The van der Waals surface area contributed by atoms with E-state index in [1.165, 1.54) is 0 Å². The molecule has 90 valence electrons. The number of aromatic nitrogens is 1. The summed E-state index contributed by atoms with van der Waals surface area (Å²) in [5.41, 5.74) is 2.20. The van der Waals surface area contributed by atoms with Gasteiger partial charge in [0.2, 0.25) is 5.91 Å². The molecular weight excluding hydrogens is 222 g/mol. The van der Waals surface area contributed by atoms with E-state index in [0.29, 0.717) is 0 Å². The van der Waals surface area contributed by atoms with Crippen LogP contribution < -0.4 is 5.32 Å². The van der Waals surface area contributed by atoms with Crippen LogP contribution in [0.2, 0.25) is 0 Å². The van der Waals surface area contributed by atoms with Crippen molar-refractivity contribution in [3.63, 3.8) is 0 Å². The number of rotatable bonds is 4. The SMILES string of the molecule is CC(NC(C)(C)C(=O)N(C)C)c1cscn1. The molecule has 0 aromatic carbocycles. The minimum absolute atomic E-state index is 0.0644. The standard InChI is InChI=1S/C11H19N3OS/c1-8(9-6-16-7-12-9)13-11(2,3)10(15)14(4)5/h6-8,13H,1-5H3. The number of hydrogen-bond acceptors (Lipinski definition) is 4. The smallest absolute Gasteiger partial charge is 0.241 e. The zero-order chi connectivity index (χ0) is 12.3. The molecule has 16 heavy (non-hydrogen) atoms. The number of nitrogens with zero attached hydrogens (tertiary/aromatic N) is 2. The fourth-order valence-corrected chi connectivity index (χ4v) is 2.32.